The Bertz CT molecular complexity index is 1230. The molecule has 2 aromatic carbocycles. The Morgan fingerprint density at radius 2 is 1.86 bits per heavy atom. The number of nitrogens with zero attached hydrogens (tertiary/aromatic N) is 2. The summed E-state index contributed by atoms with van der Waals surface area (Å²) in [5.74, 6) is 0.589. The number of amides is 2. The average molecular weight is 551 g/mol. The molecule has 186 valence electrons. The summed E-state index contributed by atoms with van der Waals surface area (Å²) in [5.41, 5.74) is 1.79. The highest BCUT2D eigenvalue weighted by Crippen LogP contribution is 2.23. The van der Waals surface area contributed by atoms with Gasteiger partial charge in [0.25, 0.3) is 5.91 Å². The average Bonchev–Trinajstić information content (AvgIpc) is 2.88. The second-order valence-corrected chi connectivity index (χ2v) is 9.01. The fourth-order valence-electron chi connectivity index (χ4n) is 3.58. The number of pyridine rings is 1. The lowest BCUT2D eigenvalue weighted by molar-refractivity contribution is -0.111. The van der Waals surface area contributed by atoms with E-state index in [-0.39, 0.29) is 17.5 Å². The van der Waals surface area contributed by atoms with Crippen molar-refractivity contribution in [3.63, 3.8) is 0 Å². The number of rotatable bonds is 9. The van der Waals surface area contributed by atoms with Crippen LogP contribution in [-0.2, 0) is 9.53 Å². The molecule has 2 N–H and O–H groups in total. The van der Waals surface area contributed by atoms with Crippen LogP contribution in [0.5, 0.6) is 11.5 Å². The van der Waals surface area contributed by atoms with E-state index in [1.807, 2.05) is 42.5 Å². The van der Waals surface area contributed by atoms with Crippen LogP contribution in [0.4, 0.5) is 5.69 Å². The first kappa shape index (κ1) is 25.6. The molecule has 3 aromatic rings. The molecular formula is C27H27BrN4O4. The van der Waals surface area contributed by atoms with Gasteiger partial charge in [0, 0.05) is 54.7 Å². The van der Waals surface area contributed by atoms with Gasteiger partial charge in [-0.05, 0) is 48.0 Å². The number of halogens is 1. The van der Waals surface area contributed by atoms with Crippen LogP contribution < -0.4 is 15.4 Å². The van der Waals surface area contributed by atoms with Crippen molar-refractivity contribution < 1.29 is 19.1 Å². The first-order valence-electron chi connectivity index (χ1n) is 11.6. The molecule has 2 amide bonds. The zero-order valence-corrected chi connectivity index (χ0v) is 21.2. The van der Waals surface area contributed by atoms with E-state index >= 15 is 0 Å². The molecule has 2 heterocycles. The maximum Gasteiger partial charge on any atom is 0.270 e. The zero-order valence-electron chi connectivity index (χ0n) is 19.7. The minimum Gasteiger partial charge on any atom is -0.457 e. The van der Waals surface area contributed by atoms with Crippen LogP contribution in [0, 0.1) is 0 Å². The van der Waals surface area contributed by atoms with Crippen molar-refractivity contribution in [2.75, 3.05) is 44.7 Å². The molecule has 1 aliphatic rings. The third kappa shape index (κ3) is 8.01. The minimum atomic E-state index is -0.248. The highest BCUT2D eigenvalue weighted by molar-refractivity contribution is 9.10. The Balaban J connectivity index is 1.31. The Hall–Kier alpha value is -3.53. The van der Waals surface area contributed by atoms with Gasteiger partial charge in [0.15, 0.2) is 0 Å². The monoisotopic (exact) mass is 550 g/mol. The van der Waals surface area contributed by atoms with E-state index in [0.29, 0.717) is 23.7 Å². The Morgan fingerprint density at radius 1 is 1.06 bits per heavy atom. The summed E-state index contributed by atoms with van der Waals surface area (Å²) in [6.45, 7) is 4.51. The number of carbonyl (C=O) groups excluding carboxylic acids is 2. The Morgan fingerprint density at radius 3 is 2.69 bits per heavy atom. The second kappa shape index (κ2) is 13.0. The van der Waals surface area contributed by atoms with Gasteiger partial charge in [-0.15, -0.1) is 0 Å². The standard InChI is InChI=1S/C27H27BrN4O4/c28-21-4-2-5-22(18-21)31-26(33)8-7-20-3-1-6-23(17-20)36-24-9-10-29-25(19-24)27(34)30-11-12-32-13-15-35-16-14-32/h1-10,17-19H,11-16H2,(H,30,34)(H,31,33). The zero-order chi connectivity index (χ0) is 25.2. The van der Waals surface area contributed by atoms with Crippen LogP contribution in [0.2, 0.25) is 0 Å². The Labute approximate surface area is 218 Å². The highest BCUT2D eigenvalue weighted by atomic mass is 79.9. The summed E-state index contributed by atoms with van der Waals surface area (Å²) in [6, 6.07) is 18.0. The molecular weight excluding hydrogens is 524 g/mol. The Kier molecular flexibility index (Phi) is 9.21. The summed E-state index contributed by atoms with van der Waals surface area (Å²) in [5, 5.41) is 5.72. The lowest BCUT2D eigenvalue weighted by atomic mass is 10.2. The van der Waals surface area contributed by atoms with Crippen LogP contribution in [0.3, 0.4) is 0 Å². The molecule has 1 aromatic heterocycles. The topological polar surface area (TPSA) is 92.8 Å². The van der Waals surface area contributed by atoms with E-state index in [9.17, 15) is 9.59 Å². The molecule has 8 nitrogen and oxygen atoms in total. The number of hydrogen-bond acceptors (Lipinski definition) is 6. The number of carbonyl (C=O) groups is 2. The van der Waals surface area contributed by atoms with Gasteiger partial charge in [0.2, 0.25) is 5.91 Å². The molecule has 1 fully saturated rings. The third-order valence-corrected chi connectivity index (χ3v) is 5.89. The van der Waals surface area contributed by atoms with Gasteiger partial charge in [-0.2, -0.15) is 0 Å². The van der Waals surface area contributed by atoms with Crippen LogP contribution in [0.25, 0.3) is 6.08 Å². The second-order valence-electron chi connectivity index (χ2n) is 8.09. The van der Waals surface area contributed by atoms with Crippen molar-refractivity contribution in [2.45, 2.75) is 0 Å². The fraction of sp³-hybridized carbons (Fsp3) is 0.222. The minimum absolute atomic E-state index is 0.238. The number of benzene rings is 2. The number of morpholine rings is 1. The van der Waals surface area contributed by atoms with Crippen LogP contribution in [-0.4, -0.2) is 61.1 Å². The van der Waals surface area contributed by atoms with Crippen molar-refractivity contribution in [3.05, 3.63) is 88.7 Å². The smallest absolute Gasteiger partial charge is 0.270 e. The molecule has 0 radical (unpaired) electrons. The first-order valence-corrected chi connectivity index (χ1v) is 12.4. The van der Waals surface area contributed by atoms with Crippen molar-refractivity contribution >= 4 is 39.5 Å². The molecule has 36 heavy (non-hydrogen) atoms. The summed E-state index contributed by atoms with van der Waals surface area (Å²) in [6.07, 6.45) is 4.72. The van der Waals surface area contributed by atoms with Gasteiger partial charge in [0.05, 0.1) is 13.2 Å². The maximum atomic E-state index is 12.5. The van der Waals surface area contributed by atoms with E-state index < -0.39 is 0 Å². The molecule has 0 bridgehead atoms. The van der Waals surface area contributed by atoms with E-state index in [0.717, 1.165) is 42.9 Å². The van der Waals surface area contributed by atoms with E-state index in [4.69, 9.17) is 9.47 Å². The number of anilines is 1. The van der Waals surface area contributed by atoms with Gasteiger partial charge in [-0.25, -0.2) is 0 Å². The molecule has 1 aliphatic heterocycles. The van der Waals surface area contributed by atoms with Gasteiger partial charge >= 0.3 is 0 Å². The van der Waals surface area contributed by atoms with Crippen LogP contribution >= 0.6 is 15.9 Å². The molecule has 0 aliphatic carbocycles. The maximum absolute atomic E-state index is 12.5. The van der Waals surface area contributed by atoms with Gasteiger partial charge in [-0.1, -0.05) is 34.1 Å². The fourth-order valence-corrected chi connectivity index (χ4v) is 3.98. The molecule has 0 atom stereocenters. The molecule has 4 rings (SSSR count). The largest absolute Gasteiger partial charge is 0.457 e. The molecule has 0 saturated carbocycles. The first-order chi connectivity index (χ1) is 17.5. The van der Waals surface area contributed by atoms with Crippen molar-refractivity contribution in [1.29, 1.82) is 0 Å². The number of ether oxygens (including phenoxy) is 2. The van der Waals surface area contributed by atoms with Gasteiger partial charge < -0.3 is 20.1 Å². The molecule has 0 unspecified atom stereocenters. The summed E-state index contributed by atoms with van der Waals surface area (Å²) < 4.78 is 12.2. The summed E-state index contributed by atoms with van der Waals surface area (Å²) in [4.78, 5) is 31.2. The van der Waals surface area contributed by atoms with Crippen LogP contribution in [0.1, 0.15) is 16.1 Å². The van der Waals surface area contributed by atoms with E-state index in [1.54, 1.807) is 30.5 Å². The predicted molar refractivity (Wildman–Crippen MR) is 142 cm³/mol. The molecule has 0 spiro atoms. The summed E-state index contributed by atoms with van der Waals surface area (Å²) >= 11 is 3.39. The quantitative estimate of drug-likeness (QED) is 0.385. The lowest BCUT2D eigenvalue weighted by Crippen LogP contribution is -2.41. The van der Waals surface area contributed by atoms with Gasteiger partial charge in [0.1, 0.15) is 17.2 Å². The molecule has 9 heteroatoms. The normalized spacial score (nSPS) is 13.9. The SMILES string of the molecule is O=C(C=Cc1cccc(Oc2ccnc(C(=O)NCCN3CCOCC3)c2)c1)Nc1cccc(Br)c1. The molecule has 1 saturated heterocycles. The van der Waals surface area contributed by atoms with Crippen molar-refractivity contribution in [2.24, 2.45) is 0 Å². The van der Waals surface area contributed by atoms with E-state index in [2.05, 4.69) is 36.4 Å². The lowest BCUT2D eigenvalue weighted by Gasteiger charge is -2.26. The van der Waals surface area contributed by atoms with Crippen LogP contribution in [0.15, 0.2) is 77.4 Å². The highest BCUT2D eigenvalue weighted by Gasteiger charge is 2.12. The predicted octanol–water partition coefficient (Wildman–Crippen LogP) is 4.35. The number of hydrogen-bond donors (Lipinski definition) is 2. The van der Waals surface area contributed by atoms with Crippen molar-refractivity contribution in [3.8, 4) is 11.5 Å². The van der Waals surface area contributed by atoms with E-state index in [1.165, 1.54) is 6.08 Å². The van der Waals surface area contributed by atoms with Gasteiger partial charge in [-0.3, -0.25) is 19.5 Å². The number of nitrogens with one attached hydrogen (secondary N) is 2. The van der Waals surface area contributed by atoms with Crippen molar-refractivity contribution in [1.82, 2.24) is 15.2 Å². The number of aromatic nitrogens is 1. The third-order valence-electron chi connectivity index (χ3n) is 5.39. The summed E-state index contributed by atoms with van der Waals surface area (Å²) in [7, 11) is 0.